The van der Waals surface area contributed by atoms with Gasteiger partial charge in [0.05, 0.1) is 5.71 Å². The van der Waals surface area contributed by atoms with Crippen molar-refractivity contribution in [3.63, 3.8) is 0 Å². The number of nitrogens with zero attached hydrogens (tertiary/aromatic N) is 1. The minimum Gasteiger partial charge on any atom is -0.411 e. The normalized spacial score (nSPS) is 12.0. The maximum absolute atomic E-state index is 8.05. The summed E-state index contributed by atoms with van der Waals surface area (Å²) in [6.07, 6.45) is 1.95. The molecule has 1 N–H and O–H groups in total. The van der Waals surface area contributed by atoms with Gasteiger partial charge in [-0.15, -0.1) is 0 Å². The second-order valence-electron chi connectivity index (χ2n) is 1.59. The van der Waals surface area contributed by atoms with Crippen molar-refractivity contribution in [2.24, 2.45) is 5.16 Å². The number of hydrogen-bond acceptors (Lipinski definition) is 2. The fourth-order valence-electron chi connectivity index (χ4n) is 0.412. The highest BCUT2D eigenvalue weighted by Crippen LogP contribution is 1.88. The number of rotatable bonds is 2. The number of hydrogen-bond donors (Lipinski definition) is 1. The Labute approximate surface area is 43.8 Å². The van der Waals surface area contributed by atoms with E-state index in [-0.39, 0.29) is 0 Å². The van der Waals surface area contributed by atoms with Crippen molar-refractivity contribution >= 4 is 5.71 Å². The summed E-state index contributed by atoms with van der Waals surface area (Å²) in [6.45, 7) is 3.86. The van der Waals surface area contributed by atoms with Crippen LogP contribution in [0.15, 0.2) is 5.16 Å². The van der Waals surface area contributed by atoms with Gasteiger partial charge < -0.3 is 5.21 Å². The van der Waals surface area contributed by atoms with Crippen molar-refractivity contribution in [2.45, 2.75) is 26.7 Å². The number of oxime groups is 1. The third kappa shape index (κ3) is 3.30. The molecular formula is C5H11NO. The summed E-state index contributed by atoms with van der Waals surface area (Å²) in [7, 11) is 0. The molecule has 0 aromatic carbocycles. The van der Waals surface area contributed by atoms with Gasteiger partial charge in [-0.05, 0) is 13.3 Å². The van der Waals surface area contributed by atoms with Gasteiger partial charge in [0.25, 0.3) is 0 Å². The van der Waals surface area contributed by atoms with Gasteiger partial charge in [-0.2, -0.15) is 0 Å². The van der Waals surface area contributed by atoms with Crippen molar-refractivity contribution in [1.82, 2.24) is 0 Å². The molecule has 0 aromatic heterocycles. The zero-order valence-corrected chi connectivity index (χ0v) is 4.81. The Kier molecular flexibility index (Phi) is 3.38. The van der Waals surface area contributed by atoms with Crippen LogP contribution >= 0.6 is 0 Å². The Morgan fingerprint density at radius 1 is 1.71 bits per heavy atom. The summed E-state index contributed by atoms with van der Waals surface area (Å²) < 4.78 is 0. The Hall–Kier alpha value is -0.530. The van der Waals surface area contributed by atoms with Crippen LogP contribution in [0, 0.1) is 0 Å². The third-order valence-corrected chi connectivity index (χ3v) is 0.783. The van der Waals surface area contributed by atoms with Gasteiger partial charge in [-0.25, -0.2) is 0 Å². The first-order valence-electron chi connectivity index (χ1n) is 2.48. The van der Waals surface area contributed by atoms with Crippen LogP contribution in [0.4, 0.5) is 0 Å². The van der Waals surface area contributed by atoms with Gasteiger partial charge in [-0.1, -0.05) is 18.5 Å². The molecule has 0 aliphatic rings. The second kappa shape index (κ2) is 3.65. The highest BCUT2D eigenvalue weighted by Gasteiger charge is 1.84. The molecule has 0 heterocycles. The minimum absolute atomic E-state index is 0.808. The van der Waals surface area contributed by atoms with Crippen LogP contribution in [-0.2, 0) is 0 Å². The molecule has 0 amide bonds. The molecule has 0 aliphatic carbocycles. The molecule has 2 nitrogen and oxygen atoms in total. The highest BCUT2D eigenvalue weighted by molar-refractivity contribution is 5.81. The molecule has 0 aromatic rings. The smallest absolute Gasteiger partial charge is 0.0539 e. The fraction of sp³-hybridized carbons (Fsp3) is 0.800. The maximum Gasteiger partial charge on any atom is 0.0539 e. The fourth-order valence-corrected chi connectivity index (χ4v) is 0.412. The van der Waals surface area contributed by atoms with E-state index in [1.807, 2.05) is 6.92 Å². The van der Waals surface area contributed by atoms with E-state index in [1.165, 1.54) is 0 Å². The van der Waals surface area contributed by atoms with Crippen molar-refractivity contribution in [3.8, 4) is 0 Å². The lowest BCUT2D eigenvalue weighted by atomic mass is 10.2. The Morgan fingerprint density at radius 3 is 2.43 bits per heavy atom. The summed E-state index contributed by atoms with van der Waals surface area (Å²) in [6, 6.07) is 0. The standard InChI is InChI=1S/C5H11NO/c1-3-4-5(2)6-7/h7H,3-4H2,1-2H3. The SMILES string of the molecule is CCCC(C)=NO. The first-order chi connectivity index (χ1) is 3.31. The second-order valence-corrected chi connectivity index (χ2v) is 1.59. The Bertz CT molecular complexity index is 68.5. The molecule has 42 valence electrons. The molecule has 0 saturated heterocycles. The van der Waals surface area contributed by atoms with Gasteiger partial charge in [0.1, 0.15) is 0 Å². The quantitative estimate of drug-likeness (QED) is 0.320. The van der Waals surface area contributed by atoms with Crippen LogP contribution in [0.3, 0.4) is 0 Å². The van der Waals surface area contributed by atoms with Crippen LogP contribution in [0.2, 0.25) is 0 Å². The molecule has 0 atom stereocenters. The van der Waals surface area contributed by atoms with E-state index in [1.54, 1.807) is 0 Å². The van der Waals surface area contributed by atoms with Crippen molar-refractivity contribution in [3.05, 3.63) is 0 Å². The molecule has 2 heteroatoms. The van der Waals surface area contributed by atoms with Gasteiger partial charge >= 0.3 is 0 Å². The molecule has 0 saturated carbocycles. The first kappa shape index (κ1) is 6.47. The van der Waals surface area contributed by atoms with Crippen LogP contribution in [-0.4, -0.2) is 10.9 Å². The predicted octanol–water partition coefficient (Wildman–Crippen LogP) is 1.64. The Balaban J connectivity index is 3.17. The van der Waals surface area contributed by atoms with E-state index in [2.05, 4.69) is 12.1 Å². The van der Waals surface area contributed by atoms with Crippen LogP contribution in [0.5, 0.6) is 0 Å². The third-order valence-electron chi connectivity index (χ3n) is 0.783. The molecule has 0 fully saturated rings. The molecule has 0 rings (SSSR count). The van der Waals surface area contributed by atoms with Crippen molar-refractivity contribution < 1.29 is 5.21 Å². The molecule has 7 heavy (non-hydrogen) atoms. The first-order valence-corrected chi connectivity index (χ1v) is 2.48. The molecule has 0 spiro atoms. The summed E-state index contributed by atoms with van der Waals surface area (Å²) >= 11 is 0. The van der Waals surface area contributed by atoms with Crippen LogP contribution in [0.1, 0.15) is 26.7 Å². The topological polar surface area (TPSA) is 32.6 Å². The van der Waals surface area contributed by atoms with Gasteiger partial charge in [0.2, 0.25) is 0 Å². The van der Waals surface area contributed by atoms with E-state index < -0.39 is 0 Å². The van der Waals surface area contributed by atoms with Crippen LogP contribution in [0.25, 0.3) is 0 Å². The highest BCUT2D eigenvalue weighted by atomic mass is 16.4. The molecule has 0 bridgehead atoms. The molecular weight excluding hydrogens is 90.1 g/mol. The van der Waals surface area contributed by atoms with E-state index in [0.29, 0.717) is 0 Å². The van der Waals surface area contributed by atoms with E-state index >= 15 is 0 Å². The zero-order chi connectivity index (χ0) is 5.70. The molecule has 0 unspecified atom stereocenters. The monoisotopic (exact) mass is 101 g/mol. The molecule has 0 aliphatic heterocycles. The molecule has 0 radical (unpaired) electrons. The van der Waals surface area contributed by atoms with Crippen LogP contribution < -0.4 is 0 Å². The van der Waals surface area contributed by atoms with E-state index in [0.717, 1.165) is 18.6 Å². The summed E-state index contributed by atoms with van der Waals surface area (Å²) in [4.78, 5) is 0. The summed E-state index contributed by atoms with van der Waals surface area (Å²) in [5, 5.41) is 11.0. The van der Waals surface area contributed by atoms with Crippen molar-refractivity contribution in [1.29, 1.82) is 0 Å². The van der Waals surface area contributed by atoms with E-state index in [4.69, 9.17) is 5.21 Å². The van der Waals surface area contributed by atoms with Gasteiger partial charge in [-0.3, -0.25) is 0 Å². The lowest BCUT2D eigenvalue weighted by Gasteiger charge is -1.87. The summed E-state index contributed by atoms with van der Waals surface area (Å²) in [5.41, 5.74) is 0.808. The Morgan fingerprint density at radius 2 is 2.29 bits per heavy atom. The predicted molar refractivity (Wildman–Crippen MR) is 29.8 cm³/mol. The minimum atomic E-state index is 0.808. The van der Waals surface area contributed by atoms with Gasteiger partial charge in [0.15, 0.2) is 0 Å². The average molecular weight is 101 g/mol. The lowest BCUT2D eigenvalue weighted by Crippen LogP contribution is -1.87. The zero-order valence-electron chi connectivity index (χ0n) is 4.81. The van der Waals surface area contributed by atoms with Gasteiger partial charge in [0, 0.05) is 0 Å². The lowest BCUT2D eigenvalue weighted by molar-refractivity contribution is 0.317. The maximum atomic E-state index is 8.05. The van der Waals surface area contributed by atoms with Crippen molar-refractivity contribution in [2.75, 3.05) is 0 Å². The summed E-state index contributed by atoms with van der Waals surface area (Å²) in [5.74, 6) is 0. The van der Waals surface area contributed by atoms with E-state index in [9.17, 15) is 0 Å². The average Bonchev–Trinajstić information content (AvgIpc) is 1.68. The largest absolute Gasteiger partial charge is 0.411 e.